The van der Waals surface area contributed by atoms with Crippen LogP contribution in [0.15, 0.2) is 39.0 Å². The van der Waals surface area contributed by atoms with Crippen molar-refractivity contribution in [3.63, 3.8) is 0 Å². The van der Waals surface area contributed by atoms with Gasteiger partial charge >= 0.3 is 5.69 Å². The number of aromatic amines is 1. The third kappa shape index (κ3) is 2.95. The van der Waals surface area contributed by atoms with Crippen molar-refractivity contribution in [2.24, 2.45) is 7.05 Å². The number of nitrogens with one attached hydrogen (secondary N) is 1. The van der Waals surface area contributed by atoms with Crippen LogP contribution in [0.3, 0.4) is 0 Å². The average Bonchev–Trinajstić information content (AvgIpc) is 3.26. The van der Waals surface area contributed by atoms with Gasteiger partial charge in [0, 0.05) is 13.6 Å². The Bertz CT molecular complexity index is 1230. The van der Waals surface area contributed by atoms with Crippen molar-refractivity contribution in [3.8, 4) is 0 Å². The van der Waals surface area contributed by atoms with Crippen molar-refractivity contribution in [1.82, 2.24) is 33.9 Å². The van der Waals surface area contributed by atoms with E-state index in [-0.39, 0.29) is 11.2 Å². The number of thioether (sulfide) groups is 1. The maximum absolute atomic E-state index is 12.5. The molecule has 1 aromatic carbocycles. The molecule has 0 saturated carbocycles. The van der Waals surface area contributed by atoms with E-state index in [1.54, 1.807) is 17.7 Å². The second-order valence-electron chi connectivity index (χ2n) is 6.24. The summed E-state index contributed by atoms with van der Waals surface area (Å²) in [6.07, 6.45) is 1.91. The molecule has 1 N–H and O–H groups in total. The lowest BCUT2D eigenvalue weighted by molar-refractivity contribution is 0.573. The second kappa shape index (κ2) is 7.03. The Kier molecular flexibility index (Phi) is 4.56. The molecular formula is C17H19N7O2S. The summed E-state index contributed by atoms with van der Waals surface area (Å²) < 4.78 is 5.02. The van der Waals surface area contributed by atoms with E-state index >= 15 is 0 Å². The fraction of sp³-hybridized carbons (Fsp3) is 0.353. The minimum absolute atomic E-state index is 0.106. The lowest BCUT2D eigenvalue weighted by atomic mass is 10.2. The van der Waals surface area contributed by atoms with Crippen molar-refractivity contribution in [1.29, 1.82) is 0 Å². The number of benzene rings is 1. The smallest absolute Gasteiger partial charge is 0.279 e. The fourth-order valence-electron chi connectivity index (χ4n) is 3.04. The monoisotopic (exact) mass is 385 g/mol. The molecule has 0 saturated heterocycles. The molecule has 3 aromatic heterocycles. The first-order chi connectivity index (χ1) is 13.1. The van der Waals surface area contributed by atoms with Crippen LogP contribution in [0.2, 0.25) is 0 Å². The average molecular weight is 385 g/mol. The summed E-state index contributed by atoms with van der Waals surface area (Å²) >= 11 is 1.42. The number of hydrogen-bond donors (Lipinski definition) is 1. The van der Waals surface area contributed by atoms with Crippen LogP contribution in [0, 0.1) is 0 Å². The van der Waals surface area contributed by atoms with E-state index in [1.165, 1.54) is 16.3 Å². The van der Waals surface area contributed by atoms with Crippen molar-refractivity contribution < 1.29 is 0 Å². The molecule has 0 aliphatic heterocycles. The van der Waals surface area contributed by atoms with Gasteiger partial charge in [0.25, 0.3) is 5.56 Å². The van der Waals surface area contributed by atoms with E-state index in [0.717, 1.165) is 18.4 Å². The van der Waals surface area contributed by atoms with Crippen LogP contribution in [0.5, 0.6) is 0 Å². The third-order valence-corrected chi connectivity index (χ3v) is 5.45. The van der Waals surface area contributed by atoms with Gasteiger partial charge in [0.1, 0.15) is 5.82 Å². The molecule has 10 heteroatoms. The predicted molar refractivity (Wildman–Crippen MR) is 103 cm³/mol. The Morgan fingerprint density at radius 1 is 1.19 bits per heavy atom. The van der Waals surface area contributed by atoms with Gasteiger partial charge in [0.15, 0.2) is 5.16 Å². The number of nitrogens with zero attached hydrogens (tertiary/aromatic N) is 6. The number of unbranched alkanes of at least 4 members (excludes halogenated alkanes) is 1. The molecule has 0 spiro atoms. The summed E-state index contributed by atoms with van der Waals surface area (Å²) in [7, 11) is 1.69. The zero-order valence-electron chi connectivity index (χ0n) is 15.0. The Morgan fingerprint density at radius 2 is 2.00 bits per heavy atom. The number of rotatable bonds is 6. The van der Waals surface area contributed by atoms with Gasteiger partial charge in [-0.05, 0) is 18.6 Å². The largest absolute Gasteiger partial charge is 0.343 e. The highest BCUT2D eigenvalue weighted by molar-refractivity contribution is 7.98. The maximum Gasteiger partial charge on any atom is 0.343 e. The SMILES string of the molecule is CCCCn1c(SCc2nnc3n(C)c(=O)c4ccccc4n23)n[nH]c1=O. The first-order valence-corrected chi connectivity index (χ1v) is 9.70. The highest BCUT2D eigenvalue weighted by Crippen LogP contribution is 2.21. The standard InChI is InChI=1S/C17H19N7O2S/c1-3-4-9-23-16(26)20-21-17(23)27-10-13-18-19-15-22(2)14(25)11-7-5-6-8-12(11)24(13)15/h5-8H,3-4,9-10H2,1-2H3,(H,20,26). The molecule has 0 radical (unpaired) electrons. The van der Waals surface area contributed by atoms with Gasteiger partial charge in [-0.1, -0.05) is 37.2 Å². The predicted octanol–water partition coefficient (Wildman–Crippen LogP) is 1.56. The number of para-hydroxylation sites is 1. The molecule has 140 valence electrons. The molecule has 0 bridgehead atoms. The quantitative estimate of drug-likeness (QED) is 0.505. The van der Waals surface area contributed by atoms with E-state index in [9.17, 15) is 9.59 Å². The van der Waals surface area contributed by atoms with Crippen LogP contribution in [0.4, 0.5) is 0 Å². The molecule has 9 nitrogen and oxygen atoms in total. The van der Waals surface area contributed by atoms with E-state index in [1.807, 2.05) is 22.6 Å². The molecule has 0 aliphatic carbocycles. The van der Waals surface area contributed by atoms with E-state index in [2.05, 4.69) is 27.3 Å². The molecule has 0 aliphatic rings. The van der Waals surface area contributed by atoms with Crippen LogP contribution < -0.4 is 11.2 Å². The summed E-state index contributed by atoms with van der Waals surface area (Å²) in [6.45, 7) is 2.71. The van der Waals surface area contributed by atoms with Crippen LogP contribution in [-0.2, 0) is 19.3 Å². The normalized spacial score (nSPS) is 11.6. The molecule has 27 heavy (non-hydrogen) atoms. The molecule has 3 heterocycles. The third-order valence-electron chi connectivity index (χ3n) is 4.48. The Balaban J connectivity index is 1.74. The molecular weight excluding hydrogens is 366 g/mol. The fourth-order valence-corrected chi connectivity index (χ4v) is 3.93. The van der Waals surface area contributed by atoms with Crippen molar-refractivity contribution in [2.45, 2.75) is 37.2 Å². The molecule has 0 unspecified atom stereocenters. The Morgan fingerprint density at radius 3 is 2.81 bits per heavy atom. The van der Waals surface area contributed by atoms with Crippen molar-refractivity contribution in [2.75, 3.05) is 0 Å². The first-order valence-electron chi connectivity index (χ1n) is 8.71. The van der Waals surface area contributed by atoms with E-state index < -0.39 is 0 Å². The Labute approximate surface area is 158 Å². The van der Waals surface area contributed by atoms with Gasteiger partial charge in [0.2, 0.25) is 5.78 Å². The van der Waals surface area contributed by atoms with Crippen LogP contribution >= 0.6 is 11.8 Å². The maximum atomic E-state index is 12.5. The van der Waals surface area contributed by atoms with Crippen LogP contribution in [0.1, 0.15) is 25.6 Å². The van der Waals surface area contributed by atoms with E-state index in [0.29, 0.717) is 34.4 Å². The lowest BCUT2D eigenvalue weighted by Gasteiger charge is -2.08. The number of H-pyrrole nitrogens is 1. The summed E-state index contributed by atoms with van der Waals surface area (Å²) in [5, 5.41) is 16.3. The van der Waals surface area contributed by atoms with Crippen molar-refractivity contribution >= 4 is 28.4 Å². The number of aryl methyl sites for hydroxylation is 1. The van der Waals surface area contributed by atoms with Gasteiger partial charge in [-0.3, -0.25) is 18.3 Å². The van der Waals surface area contributed by atoms with Crippen molar-refractivity contribution in [3.05, 3.63) is 50.9 Å². The molecule has 4 aromatic rings. The van der Waals surface area contributed by atoms with Gasteiger partial charge in [0.05, 0.1) is 16.7 Å². The first kappa shape index (κ1) is 17.5. The molecule has 0 fully saturated rings. The topological polar surface area (TPSA) is 103 Å². The zero-order chi connectivity index (χ0) is 19.0. The van der Waals surface area contributed by atoms with E-state index in [4.69, 9.17) is 0 Å². The molecule has 0 atom stereocenters. The Hall–Kier alpha value is -2.88. The molecule has 0 amide bonds. The highest BCUT2D eigenvalue weighted by Gasteiger charge is 2.16. The van der Waals surface area contributed by atoms with Gasteiger partial charge < -0.3 is 0 Å². The highest BCUT2D eigenvalue weighted by atomic mass is 32.2. The van der Waals surface area contributed by atoms with Crippen LogP contribution in [0.25, 0.3) is 16.7 Å². The summed E-state index contributed by atoms with van der Waals surface area (Å²) in [5.74, 6) is 1.65. The van der Waals surface area contributed by atoms with Gasteiger partial charge in [-0.2, -0.15) is 0 Å². The summed E-state index contributed by atoms with van der Waals surface area (Å²) in [4.78, 5) is 24.4. The van der Waals surface area contributed by atoms with Gasteiger partial charge in [-0.25, -0.2) is 9.89 Å². The number of fused-ring (bicyclic) bond motifs is 3. The summed E-state index contributed by atoms with van der Waals surface area (Å²) in [6, 6.07) is 7.40. The summed E-state index contributed by atoms with van der Waals surface area (Å²) in [5.41, 5.74) is 0.455. The van der Waals surface area contributed by atoms with Gasteiger partial charge in [-0.15, -0.1) is 15.3 Å². The minimum atomic E-state index is -0.204. The lowest BCUT2D eigenvalue weighted by Crippen LogP contribution is -2.20. The number of hydrogen-bond acceptors (Lipinski definition) is 6. The second-order valence-corrected chi connectivity index (χ2v) is 7.18. The molecule has 4 rings (SSSR count). The zero-order valence-corrected chi connectivity index (χ0v) is 15.9. The van der Waals surface area contributed by atoms with Crippen LogP contribution in [-0.4, -0.2) is 33.9 Å². The number of aromatic nitrogens is 7. The minimum Gasteiger partial charge on any atom is -0.279 e.